The van der Waals surface area contributed by atoms with Gasteiger partial charge in [0.15, 0.2) is 11.5 Å². The van der Waals surface area contributed by atoms with Gasteiger partial charge in [-0.3, -0.25) is 14.4 Å². The van der Waals surface area contributed by atoms with Crippen LogP contribution >= 0.6 is 47.8 Å². The minimum Gasteiger partial charge on any atom is -0.459 e. The van der Waals surface area contributed by atoms with Crippen molar-refractivity contribution >= 4 is 77.6 Å². The van der Waals surface area contributed by atoms with Crippen LogP contribution < -0.4 is 14.2 Å². The molecule has 0 aliphatic carbocycles. The number of esters is 5. The highest BCUT2D eigenvalue weighted by Gasteiger charge is 2.35. The third-order valence-electron chi connectivity index (χ3n) is 4.21. The number of carbonyl (C=O) groups excluding carboxylic acids is 5. The van der Waals surface area contributed by atoms with Crippen LogP contribution in [0, 0.1) is 0 Å². The van der Waals surface area contributed by atoms with Gasteiger partial charge >= 0.3 is 29.8 Å². The smallest absolute Gasteiger partial charge is 0.338 e. The fourth-order valence-corrected chi connectivity index (χ4v) is 2.32. The summed E-state index contributed by atoms with van der Waals surface area (Å²) in [5.41, 5.74) is -0.0325. The second-order valence-corrected chi connectivity index (χ2v) is 15.4. The lowest BCUT2D eigenvalue weighted by molar-refractivity contribution is -0.140. The summed E-state index contributed by atoms with van der Waals surface area (Å²) in [7, 11) is 0. The Morgan fingerprint density at radius 1 is 0.711 bits per heavy atom. The van der Waals surface area contributed by atoms with Gasteiger partial charge in [0.05, 0.1) is 5.56 Å². The highest BCUT2D eigenvalue weighted by Crippen LogP contribution is 2.42. The highest BCUT2D eigenvalue weighted by atomic mass is 79.9. The van der Waals surface area contributed by atoms with Crippen LogP contribution in [0.3, 0.4) is 0 Å². The zero-order valence-electron chi connectivity index (χ0n) is 22.0. The molecule has 0 aliphatic heterocycles. The summed E-state index contributed by atoms with van der Waals surface area (Å²) in [5, 5.41) is 0. The van der Waals surface area contributed by atoms with Crippen molar-refractivity contribution in [2.24, 2.45) is 0 Å². The fraction of sp³-hybridized carbons (Fsp3) is 0.480. The largest absolute Gasteiger partial charge is 0.459 e. The molecule has 13 heteroatoms. The van der Waals surface area contributed by atoms with Crippen molar-refractivity contribution in [3.8, 4) is 17.2 Å². The number of hydrogen-bond donors (Lipinski definition) is 0. The summed E-state index contributed by atoms with van der Waals surface area (Å²) < 4.78 is 22.8. The number of alkyl halides is 3. The average Bonchev–Trinajstić information content (AvgIpc) is 2.75. The zero-order chi connectivity index (χ0) is 29.6. The predicted molar refractivity (Wildman–Crippen MR) is 148 cm³/mol. The van der Waals surface area contributed by atoms with Gasteiger partial charge < -0.3 is 23.7 Å². The van der Waals surface area contributed by atoms with Crippen molar-refractivity contribution in [1.82, 2.24) is 0 Å². The monoisotopic (exact) mass is 726 g/mol. The molecule has 210 valence electrons. The molecule has 0 saturated carbocycles. The normalized spacial score (nSPS) is 11.7. The fourth-order valence-electron chi connectivity index (χ4n) is 2.08. The van der Waals surface area contributed by atoms with Crippen LogP contribution in [0.2, 0.25) is 0 Å². The highest BCUT2D eigenvalue weighted by molar-refractivity contribution is 9.10. The number of halogens is 3. The van der Waals surface area contributed by atoms with Gasteiger partial charge in [-0.25, -0.2) is 9.59 Å². The van der Waals surface area contributed by atoms with E-state index in [0.717, 1.165) is 12.1 Å². The van der Waals surface area contributed by atoms with Crippen LogP contribution in [0.5, 0.6) is 17.2 Å². The lowest BCUT2D eigenvalue weighted by Crippen LogP contribution is -2.32. The van der Waals surface area contributed by atoms with Crippen LogP contribution in [0.15, 0.2) is 24.3 Å². The van der Waals surface area contributed by atoms with Crippen molar-refractivity contribution in [3.05, 3.63) is 29.8 Å². The zero-order valence-corrected chi connectivity index (χ0v) is 26.8. The molecule has 10 nitrogen and oxygen atoms in total. The van der Waals surface area contributed by atoms with Gasteiger partial charge in [0.25, 0.3) is 0 Å². The van der Waals surface area contributed by atoms with E-state index >= 15 is 0 Å². The Morgan fingerprint density at radius 2 is 1.08 bits per heavy atom. The van der Waals surface area contributed by atoms with Crippen molar-refractivity contribution in [2.75, 3.05) is 13.2 Å². The molecule has 0 radical (unpaired) electrons. The molecule has 0 atom stereocenters. The Hall–Kier alpha value is -2.25. The Morgan fingerprint density at radius 3 is 1.45 bits per heavy atom. The van der Waals surface area contributed by atoms with Gasteiger partial charge in [-0.1, -0.05) is 54.4 Å². The molecule has 1 aromatic carbocycles. The van der Waals surface area contributed by atoms with Crippen LogP contribution in [0.1, 0.15) is 58.8 Å². The van der Waals surface area contributed by atoms with Crippen LogP contribution in [0.4, 0.5) is 0 Å². The van der Waals surface area contributed by atoms with Gasteiger partial charge in [-0.05, 0) is 60.6 Å². The number of benzene rings is 1. The molecule has 38 heavy (non-hydrogen) atoms. The predicted octanol–water partition coefficient (Wildman–Crippen LogP) is 5.20. The molecular weight excluding hydrogens is 700 g/mol. The molecule has 0 aromatic heterocycles. The maximum atomic E-state index is 12.8. The summed E-state index contributed by atoms with van der Waals surface area (Å²) in [6.07, 6.45) is 0. The van der Waals surface area contributed by atoms with Crippen LogP contribution in [-0.4, -0.2) is 56.0 Å². The van der Waals surface area contributed by atoms with Crippen molar-refractivity contribution in [2.45, 2.75) is 61.4 Å². The van der Waals surface area contributed by atoms with Crippen molar-refractivity contribution in [3.63, 3.8) is 0 Å². The molecule has 0 amide bonds. The van der Waals surface area contributed by atoms with E-state index in [1.807, 2.05) is 0 Å². The third kappa shape index (κ3) is 10.5. The first-order chi connectivity index (χ1) is 17.1. The van der Waals surface area contributed by atoms with E-state index < -0.39 is 48.6 Å². The maximum Gasteiger partial charge on any atom is 0.338 e. The summed E-state index contributed by atoms with van der Waals surface area (Å²) in [6.45, 7) is 13.5. The summed E-state index contributed by atoms with van der Waals surface area (Å²) in [4.78, 5) is 62.3. The third-order valence-corrected chi connectivity index (χ3v) is 5.18. The van der Waals surface area contributed by atoms with E-state index in [1.54, 1.807) is 0 Å². The maximum absolute atomic E-state index is 12.8. The van der Waals surface area contributed by atoms with Gasteiger partial charge in [0, 0.05) is 5.57 Å². The van der Waals surface area contributed by atoms with Crippen LogP contribution in [-0.2, 0) is 28.7 Å². The number of ether oxygens (including phenoxy) is 5. The van der Waals surface area contributed by atoms with Gasteiger partial charge in [0.2, 0.25) is 5.75 Å². The molecule has 0 aliphatic rings. The summed E-state index contributed by atoms with van der Waals surface area (Å²) >= 11 is 9.56. The van der Waals surface area contributed by atoms with E-state index in [9.17, 15) is 24.0 Å². The van der Waals surface area contributed by atoms with E-state index in [0.29, 0.717) is 0 Å². The molecule has 0 bridgehead atoms. The van der Waals surface area contributed by atoms with Crippen LogP contribution in [0.25, 0.3) is 0 Å². The van der Waals surface area contributed by atoms with Crippen molar-refractivity contribution in [1.29, 1.82) is 0 Å². The Labute approximate surface area is 246 Å². The van der Waals surface area contributed by atoms with E-state index in [2.05, 4.69) is 54.4 Å². The summed E-state index contributed by atoms with van der Waals surface area (Å²) in [5.74, 6) is -5.17. The lowest BCUT2D eigenvalue weighted by Gasteiger charge is -2.22. The molecule has 0 unspecified atom stereocenters. The second-order valence-electron chi connectivity index (χ2n) is 9.44. The molecule has 1 aromatic rings. The molecule has 0 N–H and O–H groups in total. The molecule has 0 fully saturated rings. The topological polar surface area (TPSA) is 132 Å². The minimum absolute atomic E-state index is 0.176. The molecule has 1 rings (SSSR count). The van der Waals surface area contributed by atoms with E-state index in [-0.39, 0.29) is 35.8 Å². The quantitative estimate of drug-likeness (QED) is 0.0986. The first-order valence-electron chi connectivity index (χ1n) is 11.1. The molecule has 0 saturated heterocycles. The second kappa shape index (κ2) is 13.2. The molecule has 0 spiro atoms. The van der Waals surface area contributed by atoms with E-state index in [4.69, 9.17) is 23.7 Å². The average molecular weight is 729 g/mol. The SMILES string of the molecule is C=C(C)C(=O)OCCOC(=O)c1cc(OC(=O)C(C)(C)Br)c(OC(=O)C(C)(C)Br)c(OC(=O)C(C)(C)Br)c1. The Balaban J connectivity index is 3.56. The first-order valence-corrected chi connectivity index (χ1v) is 13.4. The number of rotatable bonds is 11. The number of hydrogen-bond acceptors (Lipinski definition) is 10. The molecule has 0 heterocycles. The Bertz CT molecular complexity index is 1070. The minimum atomic E-state index is -1.17. The lowest BCUT2D eigenvalue weighted by atomic mass is 10.1. The molecular formula is C25H29Br3O10. The first kappa shape index (κ1) is 33.8. The Kier molecular flexibility index (Phi) is 11.7. The summed E-state index contributed by atoms with van der Waals surface area (Å²) in [6, 6.07) is 2.19. The van der Waals surface area contributed by atoms with Gasteiger partial charge in [-0.2, -0.15) is 0 Å². The van der Waals surface area contributed by atoms with E-state index in [1.165, 1.54) is 48.5 Å². The number of carbonyl (C=O) groups is 5. The van der Waals surface area contributed by atoms with Crippen molar-refractivity contribution < 1.29 is 47.7 Å². The van der Waals surface area contributed by atoms with Gasteiger partial charge in [0.1, 0.15) is 26.2 Å². The standard InChI is InChI=1S/C25H29Br3O10/c1-13(2)18(29)34-9-10-35-19(30)14-11-15(36-20(31)23(3,4)26)17(38-22(33)25(7,8)28)16(12-14)37-21(32)24(5,6)27/h11-12H,1,9-10H2,2-8H3. The van der Waals surface area contributed by atoms with Gasteiger partial charge in [-0.15, -0.1) is 0 Å².